The molecule has 0 unspecified atom stereocenters. The second-order valence-electron chi connectivity index (χ2n) is 5.49. The molecule has 0 radical (unpaired) electrons. The third-order valence-electron chi connectivity index (χ3n) is 3.52. The van der Waals surface area contributed by atoms with Crippen LogP contribution in [0.1, 0.15) is 25.3 Å². The van der Waals surface area contributed by atoms with Crippen molar-refractivity contribution in [2.45, 2.75) is 31.4 Å². The lowest BCUT2D eigenvalue weighted by molar-refractivity contribution is -0.113. The van der Waals surface area contributed by atoms with Gasteiger partial charge in [-0.2, -0.15) is 0 Å². The van der Waals surface area contributed by atoms with Crippen molar-refractivity contribution in [2.75, 3.05) is 11.1 Å². The van der Waals surface area contributed by atoms with Crippen molar-refractivity contribution in [1.82, 2.24) is 10.2 Å². The molecule has 2 aromatic heterocycles. The highest BCUT2D eigenvalue weighted by Gasteiger charge is 2.13. The molecule has 0 spiro atoms. The molecule has 0 fully saturated rings. The Morgan fingerprint density at radius 1 is 1.20 bits per heavy atom. The average molecular weight is 357 g/mol. The van der Waals surface area contributed by atoms with Gasteiger partial charge in [0.05, 0.1) is 12.0 Å². The third-order valence-corrected chi connectivity index (χ3v) is 4.34. The third kappa shape index (κ3) is 4.96. The molecule has 0 aliphatic rings. The van der Waals surface area contributed by atoms with E-state index in [0.717, 1.165) is 12.1 Å². The largest absolute Gasteiger partial charge is 0.459 e. The van der Waals surface area contributed by atoms with Gasteiger partial charge in [0, 0.05) is 5.69 Å². The van der Waals surface area contributed by atoms with Crippen LogP contribution < -0.4 is 5.32 Å². The molecule has 3 aromatic rings. The molecule has 3 rings (SSSR count). The maximum atomic E-state index is 12.0. The number of hydrogen-bond donors (Lipinski definition) is 1. The predicted octanol–water partition coefficient (Wildman–Crippen LogP) is 4.40. The first-order valence-corrected chi connectivity index (χ1v) is 9.12. The summed E-state index contributed by atoms with van der Waals surface area (Å²) in [5.74, 6) is 0.879. The van der Waals surface area contributed by atoms with E-state index >= 15 is 0 Å². The summed E-state index contributed by atoms with van der Waals surface area (Å²) in [6.07, 6.45) is 4.95. The normalized spacial score (nSPS) is 10.8. The van der Waals surface area contributed by atoms with Gasteiger partial charge >= 0.3 is 0 Å². The van der Waals surface area contributed by atoms with E-state index in [0.29, 0.717) is 16.9 Å². The van der Waals surface area contributed by atoms with Crippen LogP contribution in [0.2, 0.25) is 0 Å². The monoisotopic (exact) mass is 357 g/mol. The Morgan fingerprint density at radius 3 is 2.76 bits per heavy atom. The number of furan rings is 1. The highest BCUT2D eigenvalue weighted by molar-refractivity contribution is 7.99. The molecular formula is C18H19N3O3S. The molecular weight excluding hydrogens is 338 g/mol. The van der Waals surface area contributed by atoms with Crippen molar-refractivity contribution < 1.29 is 13.6 Å². The van der Waals surface area contributed by atoms with Gasteiger partial charge in [0.1, 0.15) is 0 Å². The minimum atomic E-state index is -0.121. The van der Waals surface area contributed by atoms with Crippen LogP contribution in [-0.4, -0.2) is 21.9 Å². The molecule has 7 heteroatoms. The highest BCUT2D eigenvalue weighted by atomic mass is 32.2. The van der Waals surface area contributed by atoms with E-state index in [9.17, 15) is 4.79 Å². The lowest BCUT2D eigenvalue weighted by atomic mass is 10.1. The standard InChI is InChI=1S/C18H19N3O3S/c1-2-3-5-13-7-9-14(10-8-13)19-16(22)12-25-18-21-20-17(24-18)15-6-4-11-23-15/h4,6-11H,2-3,5,12H2,1H3,(H,19,22). The van der Waals surface area contributed by atoms with Crippen molar-refractivity contribution >= 4 is 23.4 Å². The van der Waals surface area contributed by atoms with Crippen molar-refractivity contribution in [3.63, 3.8) is 0 Å². The van der Waals surface area contributed by atoms with Crippen LogP contribution in [0.4, 0.5) is 5.69 Å². The molecule has 0 saturated heterocycles. The molecule has 0 atom stereocenters. The van der Waals surface area contributed by atoms with Gasteiger partial charge in [0.25, 0.3) is 11.1 Å². The summed E-state index contributed by atoms with van der Waals surface area (Å²) in [5, 5.41) is 11.0. The Balaban J connectivity index is 1.48. The molecule has 130 valence electrons. The van der Waals surface area contributed by atoms with Crippen molar-refractivity contribution in [2.24, 2.45) is 0 Å². The quantitative estimate of drug-likeness (QED) is 0.602. The van der Waals surface area contributed by atoms with Crippen LogP contribution >= 0.6 is 11.8 Å². The SMILES string of the molecule is CCCCc1ccc(NC(=O)CSc2nnc(-c3ccco3)o2)cc1. The number of carbonyl (C=O) groups is 1. The zero-order chi connectivity index (χ0) is 17.5. The lowest BCUT2D eigenvalue weighted by Gasteiger charge is -2.05. The molecule has 25 heavy (non-hydrogen) atoms. The number of aromatic nitrogens is 2. The molecule has 0 saturated carbocycles. The van der Waals surface area contributed by atoms with Gasteiger partial charge in [-0.1, -0.05) is 37.2 Å². The van der Waals surface area contributed by atoms with Crippen molar-refractivity contribution in [1.29, 1.82) is 0 Å². The van der Waals surface area contributed by atoms with Crippen LogP contribution in [0.15, 0.2) is 56.7 Å². The lowest BCUT2D eigenvalue weighted by Crippen LogP contribution is -2.13. The van der Waals surface area contributed by atoms with Gasteiger partial charge in [-0.3, -0.25) is 4.79 Å². The van der Waals surface area contributed by atoms with E-state index in [1.807, 2.05) is 24.3 Å². The van der Waals surface area contributed by atoms with E-state index in [4.69, 9.17) is 8.83 Å². The number of aryl methyl sites for hydroxylation is 1. The van der Waals surface area contributed by atoms with Gasteiger partial charge in [0.15, 0.2) is 5.76 Å². The fraction of sp³-hybridized carbons (Fsp3) is 0.278. The van der Waals surface area contributed by atoms with Crippen LogP contribution in [0.25, 0.3) is 11.7 Å². The Kier molecular flexibility index (Phi) is 5.90. The number of thioether (sulfide) groups is 1. The minimum absolute atomic E-state index is 0.121. The number of amides is 1. The van der Waals surface area contributed by atoms with Gasteiger partial charge < -0.3 is 14.2 Å². The van der Waals surface area contributed by atoms with E-state index in [-0.39, 0.29) is 11.7 Å². The first kappa shape index (κ1) is 17.3. The number of hydrogen-bond acceptors (Lipinski definition) is 6. The summed E-state index contributed by atoms with van der Waals surface area (Å²) >= 11 is 1.19. The molecule has 1 amide bonds. The number of unbranched alkanes of at least 4 members (excludes halogenated alkanes) is 1. The molecule has 1 aromatic carbocycles. The number of benzene rings is 1. The summed E-state index contributed by atoms with van der Waals surface area (Å²) in [6.45, 7) is 2.17. The molecule has 0 aliphatic heterocycles. The van der Waals surface area contributed by atoms with Gasteiger partial charge in [-0.25, -0.2) is 0 Å². The Labute approximate surface area is 150 Å². The molecule has 1 N–H and O–H groups in total. The molecule has 6 nitrogen and oxygen atoms in total. The summed E-state index contributed by atoms with van der Waals surface area (Å²) in [5.41, 5.74) is 2.07. The zero-order valence-corrected chi connectivity index (χ0v) is 14.7. The van der Waals surface area contributed by atoms with Gasteiger partial charge in [-0.15, -0.1) is 10.2 Å². The number of nitrogens with zero attached hydrogens (tertiary/aromatic N) is 2. The van der Waals surface area contributed by atoms with Crippen LogP contribution in [0, 0.1) is 0 Å². The first-order valence-electron chi connectivity index (χ1n) is 8.13. The van der Waals surface area contributed by atoms with Crippen molar-refractivity contribution in [3.05, 3.63) is 48.2 Å². The Hall–Kier alpha value is -2.54. The number of rotatable bonds is 8. The van der Waals surface area contributed by atoms with Crippen molar-refractivity contribution in [3.8, 4) is 11.7 Å². The number of anilines is 1. The van der Waals surface area contributed by atoms with Gasteiger partial charge in [-0.05, 0) is 42.7 Å². The average Bonchev–Trinajstić information content (AvgIpc) is 3.30. The predicted molar refractivity (Wildman–Crippen MR) is 96.4 cm³/mol. The maximum absolute atomic E-state index is 12.0. The molecule has 0 aliphatic carbocycles. The maximum Gasteiger partial charge on any atom is 0.284 e. The van der Waals surface area contributed by atoms with E-state index in [1.165, 1.54) is 36.4 Å². The zero-order valence-electron chi connectivity index (χ0n) is 13.9. The van der Waals surface area contributed by atoms with E-state index < -0.39 is 0 Å². The second kappa shape index (κ2) is 8.53. The Morgan fingerprint density at radius 2 is 2.04 bits per heavy atom. The minimum Gasteiger partial charge on any atom is -0.459 e. The topological polar surface area (TPSA) is 81.2 Å². The highest BCUT2D eigenvalue weighted by Crippen LogP contribution is 2.23. The first-order chi connectivity index (χ1) is 12.2. The van der Waals surface area contributed by atoms with Crippen LogP contribution in [0.5, 0.6) is 0 Å². The summed E-state index contributed by atoms with van der Waals surface area (Å²) in [6, 6.07) is 11.4. The summed E-state index contributed by atoms with van der Waals surface area (Å²) in [7, 11) is 0. The number of nitrogens with one attached hydrogen (secondary N) is 1. The van der Waals surface area contributed by atoms with Gasteiger partial charge in [0.2, 0.25) is 5.91 Å². The number of carbonyl (C=O) groups excluding carboxylic acids is 1. The van der Waals surface area contributed by atoms with E-state index in [1.54, 1.807) is 12.1 Å². The summed E-state index contributed by atoms with van der Waals surface area (Å²) in [4.78, 5) is 12.0. The van der Waals surface area contributed by atoms with Crippen LogP contribution in [0.3, 0.4) is 0 Å². The molecule has 0 bridgehead atoms. The Bertz CT molecular complexity index is 797. The summed E-state index contributed by atoms with van der Waals surface area (Å²) < 4.78 is 10.6. The van der Waals surface area contributed by atoms with E-state index in [2.05, 4.69) is 22.4 Å². The smallest absolute Gasteiger partial charge is 0.284 e. The fourth-order valence-electron chi connectivity index (χ4n) is 2.23. The second-order valence-corrected chi connectivity index (χ2v) is 6.41. The fourth-order valence-corrected chi connectivity index (χ4v) is 2.79. The molecule has 2 heterocycles. The van der Waals surface area contributed by atoms with Crippen LogP contribution in [-0.2, 0) is 11.2 Å².